The maximum Gasteiger partial charge on any atom is 0.393 e. The number of carbonyl (C=O) groups is 1. The number of carboxylic acids is 1. The molecule has 0 spiro atoms. The van der Waals surface area contributed by atoms with Gasteiger partial charge in [0.25, 0.3) is 0 Å². The number of halogens is 3. The Kier molecular flexibility index (Phi) is 4.23. The van der Waals surface area contributed by atoms with Crippen LogP contribution in [0.3, 0.4) is 0 Å². The maximum atomic E-state index is 13.0. The number of fused-ring (bicyclic) bond motifs is 1. The fourth-order valence-electron chi connectivity index (χ4n) is 3.33. The Morgan fingerprint density at radius 2 is 2.13 bits per heavy atom. The summed E-state index contributed by atoms with van der Waals surface area (Å²) in [7, 11) is 0. The molecule has 4 nitrogen and oxygen atoms in total. The summed E-state index contributed by atoms with van der Waals surface area (Å²) in [5.41, 5.74) is 2.16. The first-order valence-corrected chi connectivity index (χ1v) is 7.61. The second-order valence-corrected chi connectivity index (χ2v) is 6.14. The van der Waals surface area contributed by atoms with Gasteiger partial charge < -0.3 is 14.7 Å². The molecule has 0 radical (unpaired) electrons. The average molecular weight is 329 g/mol. The van der Waals surface area contributed by atoms with Crippen LogP contribution in [0.5, 0.6) is 5.75 Å². The molecule has 1 fully saturated rings. The number of benzene rings is 1. The second-order valence-electron chi connectivity index (χ2n) is 6.14. The van der Waals surface area contributed by atoms with Gasteiger partial charge in [-0.1, -0.05) is 12.1 Å². The number of hydrogen-bond acceptors (Lipinski definition) is 3. The Bertz CT molecular complexity index is 603. The minimum Gasteiger partial charge on any atom is -0.493 e. The molecular formula is C16H18F3NO3. The molecule has 0 amide bonds. The van der Waals surface area contributed by atoms with Crippen LogP contribution in [0.1, 0.15) is 11.1 Å². The van der Waals surface area contributed by atoms with Gasteiger partial charge in [0.1, 0.15) is 5.75 Å². The van der Waals surface area contributed by atoms with Crippen LogP contribution in [0.15, 0.2) is 18.2 Å². The number of likely N-dealkylation sites (tertiary alicyclic amines) is 1. The monoisotopic (exact) mass is 329 g/mol. The fraction of sp³-hybridized carbons (Fsp3) is 0.562. The summed E-state index contributed by atoms with van der Waals surface area (Å²) in [6.07, 6.45) is -3.02. The summed E-state index contributed by atoms with van der Waals surface area (Å²) in [6, 6.07) is 5.82. The molecule has 3 rings (SSSR count). The van der Waals surface area contributed by atoms with Gasteiger partial charge in [-0.05, 0) is 23.6 Å². The third-order valence-corrected chi connectivity index (χ3v) is 4.60. The highest BCUT2D eigenvalue weighted by Gasteiger charge is 2.52. The highest BCUT2D eigenvalue weighted by Crippen LogP contribution is 2.37. The third-order valence-electron chi connectivity index (χ3n) is 4.60. The van der Waals surface area contributed by atoms with Gasteiger partial charge >= 0.3 is 12.1 Å². The Morgan fingerprint density at radius 1 is 1.35 bits per heavy atom. The van der Waals surface area contributed by atoms with Crippen LogP contribution in [-0.2, 0) is 17.6 Å². The lowest BCUT2D eigenvalue weighted by Crippen LogP contribution is -2.33. The zero-order valence-electron chi connectivity index (χ0n) is 12.5. The molecular weight excluding hydrogens is 311 g/mol. The van der Waals surface area contributed by atoms with Gasteiger partial charge in [-0.25, -0.2) is 0 Å². The molecule has 1 aromatic carbocycles. The second kappa shape index (κ2) is 6.03. The SMILES string of the molecule is O=C(O)[C@@H]1CN(CCc2ccc3c(c2)CCO3)C[C@H]1C(F)(F)F. The van der Waals surface area contributed by atoms with Crippen molar-refractivity contribution in [3.8, 4) is 5.75 Å². The predicted octanol–water partition coefficient (Wildman–Crippen LogP) is 2.36. The standard InChI is InChI=1S/C16H18F3NO3/c17-16(18,19)13-9-20(8-12(13)15(21)22)5-3-10-1-2-14-11(7-10)4-6-23-14/h1-2,7,12-13H,3-6,8-9H2,(H,21,22)/t12-,13-/m1/s1. The molecule has 1 saturated heterocycles. The highest BCUT2D eigenvalue weighted by atomic mass is 19.4. The smallest absolute Gasteiger partial charge is 0.393 e. The van der Waals surface area contributed by atoms with Crippen LogP contribution in [0, 0.1) is 11.8 Å². The number of carboxylic acid groups (broad SMARTS) is 1. The van der Waals surface area contributed by atoms with Gasteiger partial charge in [0, 0.05) is 26.1 Å². The van der Waals surface area contributed by atoms with Crippen LogP contribution in [0.4, 0.5) is 13.2 Å². The van der Waals surface area contributed by atoms with Gasteiger partial charge in [-0.15, -0.1) is 0 Å². The van der Waals surface area contributed by atoms with Crippen LogP contribution in [0.25, 0.3) is 0 Å². The topological polar surface area (TPSA) is 49.8 Å². The molecule has 7 heteroatoms. The number of rotatable bonds is 4. The van der Waals surface area contributed by atoms with E-state index in [2.05, 4.69) is 0 Å². The summed E-state index contributed by atoms with van der Waals surface area (Å²) < 4.78 is 44.3. The average Bonchev–Trinajstić information content (AvgIpc) is 3.10. The Morgan fingerprint density at radius 3 is 2.78 bits per heavy atom. The zero-order valence-corrected chi connectivity index (χ0v) is 12.5. The van der Waals surface area contributed by atoms with Crippen LogP contribution in [-0.4, -0.2) is 48.4 Å². The van der Waals surface area contributed by atoms with Crippen LogP contribution in [0.2, 0.25) is 0 Å². The molecule has 0 unspecified atom stereocenters. The highest BCUT2D eigenvalue weighted by molar-refractivity contribution is 5.71. The van der Waals surface area contributed by atoms with Crippen molar-refractivity contribution in [3.63, 3.8) is 0 Å². The van der Waals surface area contributed by atoms with Crippen molar-refractivity contribution in [1.29, 1.82) is 0 Å². The first-order chi connectivity index (χ1) is 10.8. The number of hydrogen-bond donors (Lipinski definition) is 1. The van der Waals surface area contributed by atoms with E-state index in [0.717, 1.165) is 23.3 Å². The number of aliphatic carboxylic acids is 1. The van der Waals surface area contributed by atoms with E-state index in [-0.39, 0.29) is 13.1 Å². The van der Waals surface area contributed by atoms with E-state index in [1.54, 1.807) is 4.90 Å². The van der Waals surface area contributed by atoms with E-state index in [1.165, 1.54) is 0 Å². The van der Waals surface area contributed by atoms with Crippen molar-refractivity contribution in [3.05, 3.63) is 29.3 Å². The lowest BCUT2D eigenvalue weighted by Gasteiger charge is -2.18. The van der Waals surface area contributed by atoms with Gasteiger partial charge in [0.05, 0.1) is 18.4 Å². The molecule has 0 aliphatic carbocycles. The van der Waals surface area contributed by atoms with Gasteiger partial charge in [-0.3, -0.25) is 4.79 Å². The number of ether oxygens (including phenoxy) is 1. The first kappa shape index (κ1) is 16.1. The quantitative estimate of drug-likeness (QED) is 0.921. The first-order valence-electron chi connectivity index (χ1n) is 7.61. The Hall–Kier alpha value is -1.76. The summed E-state index contributed by atoms with van der Waals surface area (Å²) in [5.74, 6) is -3.65. The Balaban J connectivity index is 1.62. The van der Waals surface area contributed by atoms with Crippen molar-refractivity contribution in [2.24, 2.45) is 11.8 Å². The van der Waals surface area contributed by atoms with Crippen LogP contribution < -0.4 is 4.74 Å². The molecule has 0 aromatic heterocycles. The van der Waals surface area contributed by atoms with E-state index >= 15 is 0 Å². The van der Waals surface area contributed by atoms with Gasteiger partial charge in [-0.2, -0.15) is 13.2 Å². The zero-order chi connectivity index (χ0) is 16.6. The minimum atomic E-state index is -4.47. The summed E-state index contributed by atoms with van der Waals surface area (Å²) in [4.78, 5) is 12.7. The van der Waals surface area contributed by atoms with E-state index in [1.807, 2.05) is 18.2 Å². The molecule has 2 aliphatic heterocycles. The number of nitrogens with zero attached hydrogens (tertiary/aromatic N) is 1. The van der Waals surface area contributed by atoms with E-state index < -0.39 is 24.0 Å². The molecule has 1 aromatic rings. The summed E-state index contributed by atoms with van der Waals surface area (Å²) >= 11 is 0. The third kappa shape index (κ3) is 3.44. The van der Waals surface area contributed by atoms with Gasteiger partial charge in [0.15, 0.2) is 0 Å². The molecule has 2 aliphatic rings. The van der Waals surface area contributed by atoms with Crippen molar-refractivity contribution in [1.82, 2.24) is 4.90 Å². The maximum absolute atomic E-state index is 13.0. The van der Waals surface area contributed by atoms with E-state index in [0.29, 0.717) is 19.6 Å². The Labute approximate surface area is 131 Å². The van der Waals surface area contributed by atoms with E-state index in [9.17, 15) is 18.0 Å². The van der Waals surface area contributed by atoms with E-state index in [4.69, 9.17) is 9.84 Å². The van der Waals surface area contributed by atoms with Crippen molar-refractivity contribution >= 4 is 5.97 Å². The molecule has 0 bridgehead atoms. The molecule has 23 heavy (non-hydrogen) atoms. The lowest BCUT2D eigenvalue weighted by atomic mass is 9.96. The molecule has 2 heterocycles. The summed E-state index contributed by atoms with van der Waals surface area (Å²) in [6.45, 7) is 0.802. The van der Waals surface area contributed by atoms with Crippen LogP contribution >= 0.6 is 0 Å². The largest absolute Gasteiger partial charge is 0.493 e. The predicted molar refractivity (Wildman–Crippen MR) is 76.5 cm³/mol. The fourth-order valence-corrected chi connectivity index (χ4v) is 3.33. The minimum absolute atomic E-state index is 0.0481. The molecule has 1 N–H and O–H groups in total. The van der Waals surface area contributed by atoms with Crippen molar-refractivity contribution in [2.75, 3.05) is 26.2 Å². The van der Waals surface area contributed by atoms with Gasteiger partial charge in [0.2, 0.25) is 0 Å². The molecule has 2 atom stereocenters. The summed E-state index contributed by atoms with van der Waals surface area (Å²) in [5, 5.41) is 9.02. The normalized spacial score (nSPS) is 24.5. The van der Waals surface area contributed by atoms with Crippen molar-refractivity contribution < 1.29 is 27.8 Å². The van der Waals surface area contributed by atoms with Crippen molar-refractivity contribution in [2.45, 2.75) is 19.0 Å². The number of alkyl halides is 3. The molecule has 0 saturated carbocycles. The molecule has 126 valence electrons. The lowest BCUT2D eigenvalue weighted by molar-refractivity contribution is -0.188.